The third-order valence-electron chi connectivity index (χ3n) is 2.08. The molecule has 0 aliphatic rings. The number of thiazole rings is 1. The first-order valence-electron chi connectivity index (χ1n) is 5.05. The van der Waals surface area contributed by atoms with Crippen molar-refractivity contribution < 1.29 is 9.90 Å². The number of carboxylic acid groups (broad SMARTS) is 1. The highest BCUT2D eigenvalue weighted by molar-refractivity contribution is 7.13. The summed E-state index contributed by atoms with van der Waals surface area (Å²) in [6.45, 7) is 0. The molecule has 0 spiro atoms. The van der Waals surface area contributed by atoms with E-state index in [9.17, 15) is 4.79 Å². The van der Waals surface area contributed by atoms with E-state index in [2.05, 4.69) is 15.3 Å². The number of nitrogens with zero attached hydrogens (tertiary/aromatic N) is 4. The maximum Gasteiger partial charge on any atom is 0.328 e. The smallest absolute Gasteiger partial charge is 0.328 e. The van der Waals surface area contributed by atoms with Gasteiger partial charge in [0.1, 0.15) is 5.01 Å². The fourth-order valence-electron chi connectivity index (χ4n) is 1.21. The Hall–Kier alpha value is -2.28. The van der Waals surface area contributed by atoms with Gasteiger partial charge in [-0.15, -0.1) is 16.4 Å². The average molecular weight is 262 g/mol. The fraction of sp³-hybridized carbons (Fsp3) is 0.0909. The number of aromatic nitrogens is 4. The summed E-state index contributed by atoms with van der Waals surface area (Å²) in [5, 5.41) is 16.9. The number of hydrogen-bond acceptors (Lipinski definition) is 5. The Balaban J connectivity index is 2.09. The highest BCUT2D eigenvalue weighted by atomic mass is 32.1. The molecule has 0 bridgehead atoms. The fourth-order valence-corrected chi connectivity index (χ4v) is 1.94. The second-order valence-electron chi connectivity index (χ2n) is 3.39. The molecule has 0 unspecified atom stereocenters. The van der Waals surface area contributed by atoms with Crippen molar-refractivity contribution in [3.05, 3.63) is 34.0 Å². The first-order chi connectivity index (χ1) is 8.65. The molecule has 0 saturated carbocycles. The summed E-state index contributed by atoms with van der Waals surface area (Å²) in [7, 11) is 1.80. The second-order valence-corrected chi connectivity index (χ2v) is 4.48. The van der Waals surface area contributed by atoms with E-state index in [0.717, 1.165) is 21.7 Å². The molecule has 1 N–H and O–H groups in total. The molecule has 18 heavy (non-hydrogen) atoms. The van der Waals surface area contributed by atoms with Gasteiger partial charge in [0.05, 0.1) is 11.9 Å². The predicted octanol–water partition coefficient (Wildman–Crippen LogP) is 1.54. The van der Waals surface area contributed by atoms with Crippen molar-refractivity contribution in [3.8, 4) is 0 Å². The van der Waals surface area contributed by atoms with E-state index in [0.29, 0.717) is 0 Å². The zero-order valence-corrected chi connectivity index (χ0v) is 10.3. The Morgan fingerprint density at radius 1 is 1.39 bits per heavy atom. The standard InChI is InChI=1S/C11H10N4O2S/c1-15-8(6-13-14-15)2-4-10-12-7-9(18-10)3-5-11(16)17/h2-7H,1H3,(H,16,17)/b4-2+,5-3+. The van der Waals surface area contributed by atoms with Crippen LogP contribution in [0.2, 0.25) is 0 Å². The molecule has 0 aliphatic heterocycles. The molecule has 2 aromatic heterocycles. The summed E-state index contributed by atoms with van der Waals surface area (Å²) in [5.74, 6) is -0.971. The van der Waals surface area contributed by atoms with Crippen LogP contribution in [0.15, 0.2) is 18.5 Å². The van der Waals surface area contributed by atoms with Crippen LogP contribution in [0, 0.1) is 0 Å². The quantitative estimate of drug-likeness (QED) is 0.845. The van der Waals surface area contributed by atoms with Gasteiger partial charge in [-0.2, -0.15) is 0 Å². The molecular weight excluding hydrogens is 252 g/mol. The number of carbonyl (C=O) groups is 1. The molecule has 0 fully saturated rings. The van der Waals surface area contributed by atoms with E-state index in [1.165, 1.54) is 17.4 Å². The molecule has 6 nitrogen and oxygen atoms in total. The largest absolute Gasteiger partial charge is 0.478 e. The minimum absolute atomic E-state index is 0.792. The van der Waals surface area contributed by atoms with E-state index in [-0.39, 0.29) is 0 Å². The van der Waals surface area contributed by atoms with Gasteiger partial charge >= 0.3 is 5.97 Å². The summed E-state index contributed by atoms with van der Waals surface area (Å²) in [6.07, 6.45) is 9.57. The van der Waals surface area contributed by atoms with E-state index in [1.54, 1.807) is 24.1 Å². The molecular formula is C11H10N4O2S. The van der Waals surface area contributed by atoms with Crippen molar-refractivity contribution in [2.75, 3.05) is 0 Å². The minimum atomic E-state index is -0.971. The van der Waals surface area contributed by atoms with Crippen LogP contribution in [0.3, 0.4) is 0 Å². The maximum atomic E-state index is 10.4. The third kappa shape index (κ3) is 3.11. The highest BCUT2D eigenvalue weighted by Gasteiger charge is 1.98. The lowest BCUT2D eigenvalue weighted by Crippen LogP contribution is -1.92. The van der Waals surface area contributed by atoms with Crippen LogP contribution in [0.5, 0.6) is 0 Å². The van der Waals surface area contributed by atoms with E-state index in [1.807, 2.05) is 12.2 Å². The molecule has 7 heteroatoms. The number of hydrogen-bond donors (Lipinski definition) is 1. The molecule has 0 atom stereocenters. The van der Waals surface area contributed by atoms with Gasteiger partial charge in [-0.1, -0.05) is 5.21 Å². The molecule has 0 aliphatic carbocycles. The number of aryl methyl sites for hydroxylation is 1. The lowest BCUT2D eigenvalue weighted by Gasteiger charge is -1.89. The van der Waals surface area contributed by atoms with E-state index >= 15 is 0 Å². The predicted molar refractivity (Wildman–Crippen MR) is 68.7 cm³/mol. The Morgan fingerprint density at radius 3 is 2.89 bits per heavy atom. The molecule has 0 saturated heterocycles. The zero-order valence-electron chi connectivity index (χ0n) is 9.52. The number of aliphatic carboxylic acids is 1. The summed E-state index contributed by atoms with van der Waals surface area (Å²) in [4.78, 5) is 15.3. The highest BCUT2D eigenvalue weighted by Crippen LogP contribution is 2.16. The molecule has 92 valence electrons. The van der Waals surface area contributed by atoms with Crippen LogP contribution in [0.1, 0.15) is 15.6 Å². The molecule has 0 radical (unpaired) electrons. The van der Waals surface area contributed by atoms with Crippen LogP contribution in [0.4, 0.5) is 0 Å². The summed E-state index contributed by atoms with van der Waals surface area (Å²) < 4.78 is 1.65. The van der Waals surface area contributed by atoms with Crippen LogP contribution in [0.25, 0.3) is 18.2 Å². The van der Waals surface area contributed by atoms with Crippen LogP contribution >= 0.6 is 11.3 Å². The van der Waals surface area contributed by atoms with Crippen molar-refractivity contribution in [2.24, 2.45) is 7.05 Å². The Bertz CT molecular complexity index is 612. The van der Waals surface area contributed by atoms with Gasteiger partial charge in [-0.3, -0.25) is 0 Å². The van der Waals surface area contributed by atoms with Crippen molar-refractivity contribution in [2.45, 2.75) is 0 Å². The van der Waals surface area contributed by atoms with Crippen molar-refractivity contribution in [1.82, 2.24) is 20.0 Å². The Labute approximate surface area is 107 Å². The molecule has 2 heterocycles. The SMILES string of the molecule is Cn1nncc1/C=C/c1ncc(/C=C/C(=O)O)s1. The van der Waals surface area contributed by atoms with Crippen molar-refractivity contribution in [1.29, 1.82) is 0 Å². The molecule has 2 aromatic rings. The van der Waals surface area contributed by atoms with Crippen LogP contribution in [-0.4, -0.2) is 31.1 Å². The Kier molecular flexibility index (Phi) is 3.63. The monoisotopic (exact) mass is 262 g/mol. The van der Waals surface area contributed by atoms with Gasteiger partial charge in [0.2, 0.25) is 0 Å². The lowest BCUT2D eigenvalue weighted by molar-refractivity contribution is -0.131. The molecule has 0 aromatic carbocycles. The maximum absolute atomic E-state index is 10.4. The topological polar surface area (TPSA) is 80.9 Å². The third-order valence-corrected chi connectivity index (χ3v) is 3.01. The van der Waals surface area contributed by atoms with Crippen LogP contribution < -0.4 is 0 Å². The van der Waals surface area contributed by atoms with Gasteiger partial charge in [0.25, 0.3) is 0 Å². The van der Waals surface area contributed by atoms with E-state index < -0.39 is 5.97 Å². The van der Waals surface area contributed by atoms with Crippen LogP contribution in [-0.2, 0) is 11.8 Å². The minimum Gasteiger partial charge on any atom is -0.478 e. The normalized spacial score (nSPS) is 11.6. The zero-order chi connectivity index (χ0) is 13.0. The Morgan fingerprint density at radius 2 is 2.22 bits per heavy atom. The molecule has 2 rings (SSSR count). The number of rotatable bonds is 4. The molecule has 0 amide bonds. The van der Waals surface area contributed by atoms with Gasteiger partial charge in [-0.25, -0.2) is 14.5 Å². The van der Waals surface area contributed by atoms with E-state index in [4.69, 9.17) is 5.11 Å². The van der Waals surface area contributed by atoms with Gasteiger partial charge < -0.3 is 5.11 Å². The summed E-state index contributed by atoms with van der Waals surface area (Å²) in [6, 6.07) is 0. The lowest BCUT2D eigenvalue weighted by atomic mass is 10.4. The first-order valence-corrected chi connectivity index (χ1v) is 5.86. The van der Waals surface area contributed by atoms with Gasteiger partial charge in [0.15, 0.2) is 0 Å². The average Bonchev–Trinajstić information content (AvgIpc) is 2.93. The van der Waals surface area contributed by atoms with Gasteiger partial charge in [0, 0.05) is 24.2 Å². The van der Waals surface area contributed by atoms with Crippen molar-refractivity contribution in [3.63, 3.8) is 0 Å². The van der Waals surface area contributed by atoms with Gasteiger partial charge in [-0.05, 0) is 18.2 Å². The second kappa shape index (κ2) is 5.37. The summed E-state index contributed by atoms with van der Waals surface area (Å²) >= 11 is 1.40. The number of carboxylic acids is 1. The first kappa shape index (κ1) is 12.2. The van der Waals surface area contributed by atoms with Crippen molar-refractivity contribution >= 4 is 35.5 Å². The summed E-state index contributed by atoms with van der Waals surface area (Å²) in [5.41, 5.74) is 0.868.